The van der Waals surface area contributed by atoms with Gasteiger partial charge in [0.15, 0.2) is 0 Å². The number of anilines is 1. The largest absolute Gasteiger partial charge is 0.495 e. The smallest absolute Gasteiger partial charge is 0.339 e. The zero-order chi connectivity index (χ0) is 22.0. The van der Waals surface area contributed by atoms with Crippen LogP contribution in [0.15, 0.2) is 60.7 Å². The molecule has 0 aromatic heterocycles. The van der Waals surface area contributed by atoms with Crippen LogP contribution >= 0.6 is 11.6 Å². The van der Waals surface area contributed by atoms with Crippen LogP contribution in [0.4, 0.5) is 5.69 Å². The molecule has 3 aromatic rings. The van der Waals surface area contributed by atoms with E-state index in [1.54, 1.807) is 30.3 Å². The van der Waals surface area contributed by atoms with Crippen LogP contribution < -0.4 is 14.8 Å². The van der Waals surface area contributed by atoms with Gasteiger partial charge in [0, 0.05) is 18.1 Å². The Morgan fingerprint density at radius 1 is 1.03 bits per heavy atom. The fraction of sp³-hybridized carbons (Fsp3) is 0.167. The summed E-state index contributed by atoms with van der Waals surface area (Å²) < 4.78 is 16.1. The monoisotopic (exact) mass is 437 g/mol. The number of benzene rings is 3. The number of esters is 1. The zero-order valence-corrected chi connectivity index (χ0v) is 17.7. The zero-order valence-electron chi connectivity index (χ0n) is 17.0. The molecule has 1 unspecified atom stereocenters. The van der Waals surface area contributed by atoms with Crippen molar-refractivity contribution in [3.63, 3.8) is 0 Å². The van der Waals surface area contributed by atoms with E-state index in [9.17, 15) is 9.59 Å². The van der Waals surface area contributed by atoms with Crippen molar-refractivity contribution < 1.29 is 23.8 Å². The van der Waals surface area contributed by atoms with Crippen molar-refractivity contribution >= 4 is 29.2 Å². The molecular weight excluding hydrogens is 418 g/mol. The molecule has 0 saturated carbocycles. The van der Waals surface area contributed by atoms with Crippen molar-refractivity contribution in [2.75, 3.05) is 19.5 Å². The fourth-order valence-electron chi connectivity index (χ4n) is 3.54. The van der Waals surface area contributed by atoms with E-state index in [4.69, 9.17) is 25.8 Å². The van der Waals surface area contributed by atoms with Gasteiger partial charge in [0.05, 0.1) is 30.5 Å². The minimum absolute atomic E-state index is 0.345. The predicted molar refractivity (Wildman–Crippen MR) is 117 cm³/mol. The van der Waals surface area contributed by atoms with Gasteiger partial charge in [-0.2, -0.15) is 0 Å². The van der Waals surface area contributed by atoms with Gasteiger partial charge < -0.3 is 19.5 Å². The molecule has 4 rings (SSSR count). The number of halogens is 1. The number of ether oxygens (including phenoxy) is 3. The highest BCUT2D eigenvalue weighted by Gasteiger charge is 2.28. The van der Waals surface area contributed by atoms with E-state index in [2.05, 4.69) is 5.32 Å². The summed E-state index contributed by atoms with van der Waals surface area (Å²) in [4.78, 5) is 25.4. The molecule has 1 heterocycles. The van der Waals surface area contributed by atoms with Crippen LogP contribution in [0.25, 0.3) is 0 Å². The topological polar surface area (TPSA) is 73.9 Å². The lowest BCUT2D eigenvalue weighted by Gasteiger charge is -2.25. The number of carbonyl (C=O) groups is 2. The molecule has 0 fully saturated rings. The Balaban J connectivity index is 1.60. The van der Waals surface area contributed by atoms with Crippen molar-refractivity contribution in [2.24, 2.45) is 0 Å². The molecule has 6 nitrogen and oxygen atoms in total. The molecule has 1 amide bonds. The number of carbonyl (C=O) groups excluding carboxylic acids is 2. The van der Waals surface area contributed by atoms with Crippen LogP contribution in [0.2, 0.25) is 5.02 Å². The van der Waals surface area contributed by atoms with Crippen LogP contribution in [0.5, 0.6) is 11.5 Å². The molecule has 0 bridgehead atoms. The van der Waals surface area contributed by atoms with Gasteiger partial charge in [-0.3, -0.25) is 4.79 Å². The molecule has 3 aromatic carbocycles. The molecule has 0 spiro atoms. The SMILES string of the molecule is COc1cc(OC)c(NC(=O)c2ccc3c(c2)CC(c2ccccc2)OC3=O)cc1Cl. The quantitative estimate of drug-likeness (QED) is 0.564. The number of nitrogens with one attached hydrogen (secondary N) is 1. The summed E-state index contributed by atoms with van der Waals surface area (Å²) in [6.45, 7) is 0. The molecule has 1 aliphatic heterocycles. The van der Waals surface area contributed by atoms with Crippen LogP contribution in [-0.4, -0.2) is 26.1 Å². The minimum atomic E-state index is -0.398. The Kier molecular flexibility index (Phi) is 5.82. The number of amides is 1. The molecule has 7 heteroatoms. The molecule has 0 aliphatic carbocycles. The molecule has 158 valence electrons. The first-order valence-corrected chi connectivity index (χ1v) is 9.99. The summed E-state index contributed by atoms with van der Waals surface area (Å²) in [6.07, 6.45) is 0.101. The van der Waals surface area contributed by atoms with E-state index >= 15 is 0 Å². The Morgan fingerprint density at radius 3 is 2.48 bits per heavy atom. The summed E-state index contributed by atoms with van der Waals surface area (Å²) >= 11 is 6.19. The van der Waals surface area contributed by atoms with Crippen molar-refractivity contribution in [3.8, 4) is 11.5 Å². The third kappa shape index (κ3) is 4.20. The molecule has 0 saturated heterocycles. The van der Waals surface area contributed by atoms with Gasteiger partial charge in [0.25, 0.3) is 5.91 Å². The maximum atomic E-state index is 12.9. The third-order valence-electron chi connectivity index (χ3n) is 5.14. The molecule has 1 N–H and O–H groups in total. The summed E-state index contributed by atoms with van der Waals surface area (Å²) in [6, 6.07) is 17.6. The van der Waals surface area contributed by atoms with Gasteiger partial charge in [-0.25, -0.2) is 4.79 Å². The minimum Gasteiger partial charge on any atom is -0.495 e. The first-order valence-electron chi connectivity index (χ1n) is 9.62. The highest BCUT2D eigenvalue weighted by atomic mass is 35.5. The Hall–Kier alpha value is -3.51. The number of hydrogen-bond acceptors (Lipinski definition) is 5. The maximum Gasteiger partial charge on any atom is 0.339 e. The molecule has 31 heavy (non-hydrogen) atoms. The van der Waals surface area contributed by atoms with Gasteiger partial charge in [-0.1, -0.05) is 41.9 Å². The Labute approximate surface area is 184 Å². The van der Waals surface area contributed by atoms with E-state index < -0.39 is 5.97 Å². The lowest BCUT2D eigenvalue weighted by Crippen LogP contribution is -2.23. The molecular formula is C24H20ClNO5. The van der Waals surface area contributed by atoms with Gasteiger partial charge in [-0.15, -0.1) is 0 Å². The van der Waals surface area contributed by atoms with Crippen molar-refractivity contribution in [2.45, 2.75) is 12.5 Å². The highest BCUT2D eigenvalue weighted by molar-refractivity contribution is 6.32. The normalized spacial score (nSPS) is 14.9. The summed E-state index contributed by atoms with van der Waals surface area (Å²) in [5.41, 5.74) is 2.96. The van der Waals surface area contributed by atoms with Crippen molar-refractivity contribution in [1.82, 2.24) is 0 Å². The van der Waals surface area contributed by atoms with E-state index in [0.717, 1.165) is 11.1 Å². The standard InChI is InChI=1S/C24H20ClNO5/c1-29-21-13-22(30-2)19(12-18(21)25)26-23(27)15-8-9-17-16(10-15)11-20(31-24(17)28)14-6-4-3-5-7-14/h3-10,12-13,20H,11H2,1-2H3,(H,26,27). The van der Waals surface area contributed by atoms with Gasteiger partial charge in [-0.05, 0) is 35.4 Å². The van der Waals surface area contributed by atoms with Gasteiger partial charge in [0.1, 0.15) is 17.6 Å². The van der Waals surface area contributed by atoms with E-state index in [0.29, 0.717) is 39.8 Å². The average molecular weight is 438 g/mol. The van der Waals surface area contributed by atoms with Crippen LogP contribution in [-0.2, 0) is 11.2 Å². The van der Waals surface area contributed by atoms with Crippen LogP contribution in [0, 0.1) is 0 Å². The third-order valence-corrected chi connectivity index (χ3v) is 5.43. The Bertz CT molecular complexity index is 1150. The number of hydrogen-bond donors (Lipinski definition) is 1. The second-order valence-corrected chi connectivity index (χ2v) is 7.43. The molecule has 0 radical (unpaired) electrons. The second kappa shape index (κ2) is 8.70. The maximum absolute atomic E-state index is 12.9. The lowest BCUT2D eigenvalue weighted by atomic mass is 9.93. The molecule has 1 atom stereocenters. The van der Waals surface area contributed by atoms with Crippen LogP contribution in [0.3, 0.4) is 0 Å². The number of rotatable bonds is 5. The lowest BCUT2D eigenvalue weighted by molar-refractivity contribution is 0.0252. The van der Waals surface area contributed by atoms with Gasteiger partial charge >= 0.3 is 5.97 Å². The summed E-state index contributed by atoms with van der Waals surface area (Å²) in [7, 11) is 2.99. The highest BCUT2D eigenvalue weighted by Crippen LogP contribution is 2.36. The first kappa shape index (κ1) is 20.8. The predicted octanol–water partition coefficient (Wildman–Crippen LogP) is 5.06. The average Bonchev–Trinajstić information content (AvgIpc) is 2.79. The second-order valence-electron chi connectivity index (χ2n) is 7.02. The van der Waals surface area contributed by atoms with E-state index in [1.807, 2.05) is 30.3 Å². The fourth-order valence-corrected chi connectivity index (χ4v) is 3.78. The number of fused-ring (bicyclic) bond motifs is 1. The summed E-state index contributed by atoms with van der Waals surface area (Å²) in [5.74, 6) is 0.110. The Morgan fingerprint density at radius 2 is 1.77 bits per heavy atom. The summed E-state index contributed by atoms with van der Waals surface area (Å²) in [5, 5.41) is 3.16. The van der Waals surface area contributed by atoms with E-state index in [-0.39, 0.29) is 12.0 Å². The first-order chi connectivity index (χ1) is 15.0. The number of cyclic esters (lactones) is 1. The van der Waals surface area contributed by atoms with Gasteiger partial charge in [0.2, 0.25) is 0 Å². The van der Waals surface area contributed by atoms with E-state index in [1.165, 1.54) is 14.2 Å². The number of methoxy groups -OCH3 is 2. The van der Waals surface area contributed by atoms with Crippen molar-refractivity contribution in [3.05, 3.63) is 87.9 Å². The van der Waals surface area contributed by atoms with Crippen LogP contribution in [0.1, 0.15) is 37.9 Å². The molecule has 1 aliphatic rings. The van der Waals surface area contributed by atoms with Crippen molar-refractivity contribution in [1.29, 1.82) is 0 Å².